The minimum atomic E-state index is -0.904. The van der Waals surface area contributed by atoms with Gasteiger partial charge in [0, 0.05) is 11.6 Å². The Kier molecular flexibility index (Phi) is 6.58. The third-order valence-corrected chi connectivity index (χ3v) is 7.07. The second-order valence-corrected chi connectivity index (χ2v) is 9.26. The molecule has 8 nitrogen and oxygen atoms in total. The first-order valence-corrected chi connectivity index (χ1v) is 11.7. The summed E-state index contributed by atoms with van der Waals surface area (Å²) in [6, 6.07) is 16.5. The van der Waals surface area contributed by atoms with Crippen molar-refractivity contribution < 1.29 is 19.1 Å². The molecule has 0 bridgehead atoms. The van der Waals surface area contributed by atoms with E-state index in [1.165, 1.54) is 30.5 Å². The van der Waals surface area contributed by atoms with Crippen molar-refractivity contribution in [1.29, 1.82) is 5.26 Å². The smallest absolute Gasteiger partial charge is 0.355 e. The van der Waals surface area contributed by atoms with Gasteiger partial charge in [-0.3, -0.25) is 4.90 Å². The fraction of sp³-hybridized carbons (Fsp3) is 0.231. The Morgan fingerprint density at radius 2 is 1.80 bits per heavy atom. The molecule has 0 aliphatic carbocycles. The van der Waals surface area contributed by atoms with E-state index in [0.717, 1.165) is 15.2 Å². The minimum Gasteiger partial charge on any atom is -0.466 e. The fourth-order valence-corrected chi connectivity index (χ4v) is 5.10. The van der Waals surface area contributed by atoms with Gasteiger partial charge in [0.2, 0.25) is 0 Å². The summed E-state index contributed by atoms with van der Waals surface area (Å²) in [7, 11) is 2.45. The van der Waals surface area contributed by atoms with Gasteiger partial charge >= 0.3 is 11.9 Å². The molecule has 0 fully saturated rings. The van der Waals surface area contributed by atoms with E-state index in [9.17, 15) is 14.9 Å². The standard InChI is InChI=1S/C26H24N4O4S/c1-14(2)24-29-18-11-10-16(12-19(18)35-24)30-22(26(32)34-4)21(25(31)33-3)20(17(13-27)23(30)28)15-8-6-5-7-9-15/h5-12,14,20H,28H2,1-4H3. The van der Waals surface area contributed by atoms with Crippen LogP contribution in [0.5, 0.6) is 0 Å². The van der Waals surface area contributed by atoms with E-state index in [0.29, 0.717) is 11.3 Å². The summed E-state index contributed by atoms with van der Waals surface area (Å²) >= 11 is 1.53. The second kappa shape index (κ2) is 9.60. The maximum atomic E-state index is 13.2. The number of nitrogens with two attached hydrogens (primary N) is 1. The van der Waals surface area contributed by atoms with Crippen LogP contribution >= 0.6 is 11.3 Å². The van der Waals surface area contributed by atoms with Crippen molar-refractivity contribution in [2.24, 2.45) is 5.73 Å². The van der Waals surface area contributed by atoms with Crippen molar-refractivity contribution in [2.45, 2.75) is 25.7 Å². The molecule has 1 aliphatic rings. The monoisotopic (exact) mass is 488 g/mol. The number of hydrogen-bond acceptors (Lipinski definition) is 9. The van der Waals surface area contributed by atoms with Crippen LogP contribution in [0, 0.1) is 11.3 Å². The Morgan fingerprint density at radius 3 is 2.40 bits per heavy atom. The molecule has 2 heterocycles. The maximum Gasteiger partial charge on any atom is 0.355 e. The normalized spacial score (nSPS) is 16.0. The summed E-state index contributed by atoms with van der Waals surface area (Å²) in [5, 5.41) is 11.1. The predicted octanol–water partition coefficient (Wildman–Crippen LogP) is 4.32. The first kappa shape index (κ1) is 24.0. The van der Waals surface area contributed by atoms with Gasteiger partial charge in [-0.25, -0.2) is 14.6 Å². The van der Waals surface area contributed by atoms with E-state index in [4.69, 9.17) is 15.2 Å². The molecule has 0 saturated heterocycles. The zero-order valence-corrected chi connectivity index (χ0v) is 20.6. The molecule has 35 heavy (non-hydrogen) atoms. The molecule has 9 heteroatoms. The van der Waals surface area contributed by atoms with Gasteiger partial charge in [0.05, 0.1) is 52.6 Å². The van der Waals surface area contributed by atoms with Crippen LogP contribution in [0.25, 0.3) is 10.2 Å². The number of carbonyl (C=O) groups is 2. The second-order valence-electron chi connectivity index (χ2n) is 8.19. The number of fused-ring (bicyclic) bond motifs is 1. The number of methoxy groups -OCH3 is 2. The first-order valence-electron chi connectivity index (χ1n) is 10.9. The van der Waals surface area contributed by atoms with Crippen LogP contribution in [0.1, 0.15) is 36.3 Å². The van der Waals surface area contributed by atoms with Crippen molar-refractivity contribution in [1.82, 2.24) is 4.98 Å². The van der Waals surface area contributed by atoms with Crippen LogP contribution in [0.2, 0.25) is 0 Å². The number of allylic oxidation sites excluding steroid dienone is 1. The lowest BCUT2D eigenvalue weighted by molar-refractivity contribution is -0.139. The molecular weight excluding hydrogens is 464 g/mol. The lowest BCUT2D eigenvalue weighted by Gasteiger charge is -2.35. The molecule has 1 aliphatic heterocycles. The number of esters is 2. The number of ether oxygens (including phenoxy) is 2. The number of thiazole rings is 1. The average Bonchev–Trinajstić information content (AvgIpc) is 3.31. The highest BCUT2D eigenvalue weighted by molar-refractivity contribution is 7.18. The molecule has 1 aromatic heterocycles. The van der Waals surface area contributed by atoms with Crippen LogP contribution in [0.4, 0.5) is 5.69 Å². The molecular formula is C26H24N4O4S. The molecule has 1 unspecified atom stereocenters. The van der Waals surface area contributed by atoms with Gasteiger partial charge < -0.3 is 15.2 Å². The van der Waals surface area contributed by atoms with Crippen molar-refractivity contribution in [3.63, 3.8) is 0 Å². The maximum absolute atomic E-state index is 13.2. The number of rotatable bonds is 5. The minimum absolute atomic E-state index is 0.0245. The van der Waals surface area contributed by atoms with Gasteiger partial charge in [0.25, 0.3) is 0 Å². The molecule has 178 valence electrons. The van der Waals surface area contributed by atoms with E-state index in [-0.39, 0.29) is 28.6 Å². The molecule has 2 aromatic carbocycles. The first-order chi connectivity index (χ1) is 16.8. The van der Waals surface area contributed by atoms with Crippen LogP contribution in [-0.2, 0) is 19.1 Å². The largest absolute Gasteiger partial charge is 0.466 e. The molecule has 0 radical (unpaired) electrons. The van der Waals surface area contributed by atoms with E-state index >= 15 is 0 Å². The van der Waals surface area contributed by atoms with Crippen LogP contribution in [-0.4, -0.2) is 31.1 Å². The number of carbonyl (C=O) groups excluding carboxylic acids is 2. The number of nitriles is 1. The van der Waals surface area contributed by atoms with Crippen molar-refractivity contribution in [3.8, 4) is 6.07 Å². The molecule has 4 rings (SSSR count). The quantitative estimate of drug-likeness (QED) is 0.528. The van der Waals surface area contributed by atoms with Gasteiger partial charge in [0.1, 0.15) is 11.5 Å². The third kappa shape index (κ3) is 4.13. The van der Waals surface area contributed by atoms with Gasteiger partial charge in [0.15, 0.2) is 0 Å². The van der Waals surface area contributed by atoms with E-state index in [2.05, 4.69) is 24.9 Å². The summed E-state index contributed by atoms with van der Waals surface area (Å²) in [5.74, 6) is -2.16. The topological polar surface area (TPSA) is 119 Å². The summed E-state index contributed by atoms with van der Waals surface area (Å²) < 4.78 is 11.0. The number of benzene rings is 2. The molecule has 0 saturated carbocycles. The Labute approximate surface area is 206 Å². The zero-order chi connectivity index (χ0) is 25.3. The summed E-state index contributed by atoms with van der Waals surface area (Å²) in [5.41, 5.74) is 8.47. The van der Waals surface area contributed by atoms with Crippen molar-refractivity contribution >= 4 is 39.2 Å². The van der Waals surface area contributed by atoms with Crippen molar-refractivity contribution in [2.75, 3.05) is 19.1 Å². The highest BCUT2D eigenvalue weighted by Gasteiger charge is 2.43. The lowest BCUT2D eigenvalue weighted by atomic mass is 9.81. The van der Waals surface area contributed by atoms with Gasteiger partial charge in [-0.2, -0.15) is 5.26 Å². The molecule has 0 amide bonds. The fourth-order valence-electron chi connectivity index (χ4n) is 4.10. The molecule has 2 N–H and O–H groups in total. The van der Waals surface area contributed by atoms with Gasteiger partial charge in [-0.15, -0.1) is 11.3 Å². The predicted molar refractivity (Wildman–Crippen MR) is 133 cm³/mol. The Balaban J connectivity index is 2.03. The molecule has 1 atom stereocenters. The number of anilines is 1. The molecule has 3 aromatic rings. The van der Waals surface area contributed by atoms with E-state index in [1.807, 2.05) is 18.2 Å². The Bertz CT molecular complexity index is 1420. The van der Waals surface area contributed by atoms with Crippen LogP contribution in [0.15, 0.2) is 71.2 Å². The van der Waals surface area contributed by atoms with Gasteiger partial charge in [-0.05, 0) is 23.8 Å². The lowest BCUT2D eigenvalue weighted by Crippen LogP contribution is -2.40. The zero-order valence-electron chi connectivity index (χ0n) is 19.7. The highest BCUT2D eigenvalue weighted by Crippen LogP contribution is 2.44. The van der Waals surface area contributed by atoms with E-state index in [1.54, 1.807) is 30.3 Å². The Hall–Kier alpha value is -4.16. The summed E-state index contributed by atoms with van der Waals surface area (Å²) in [4.78, 5) is 32.3. The number of nitrogens with zero attached hydrogens (tertiary/aromatic N) is 3. The number of hydrogen-bond donors (Lipinski definition) is 1. The van der Waals surface area contributed by atoms with Crippen LogP contribution in [0.3, 0.4) is 0 Å². The Morgan fingerprint density at radius 1 is 1.11 bits per heavy atom. The van der Waals surface area contributed by atoms with Crippen molar-refractivity contribution in [3.05, 3.63) is 81.8 Å². The van der Waals surface area contributed by atoms with Gasteiger partial charge in [-0.1, -0.05) is 44.2 Å². The van der Waals surface area contributed by atoms with E-state index < -0.39 is 17.9 Å². The molecule has 0 spiro atoms. The van der Waals surface area contributed by atoms with Crippen LogP contribution < -0.4 is 10.6 Å². The third-order valence-electron chi connectivity index (χ3n) is 5.75. The average molecular weight is 489 g/mol. The SMILES string of the molecule is COC(=O)C1=C(C(=O)OC)N(c2ccc3nc(C(C)C)sc3c2)C(N)=C(C#N)C1c1ccccc1. The summed E-state index contributed by atoms with van der Waals surface area (Å²) in [6.45, 7) is 4.13. The number of aromatic nitrogens is 1. The summed E-state index contributed by atoms with van der Waals surface area (Å²) in [6.07, 6.45) is 0. The highest BCUT2D eigenvalue weighted by atomic mass is 32.1.